The third kappa shape index (κ3) is 1.92. The van der Waals surface area contributed by atoms with Gasteiger partial charge < -0.3 is 4.79 Å². The molecule has 84 valence electrons. The zero-order chi connectivity index (χ0) is 11.5. The molecule has 0 saturated heterocycles. The number of hydrogen-bond acceptors (Lipinski definition) is 2. The maximum Gasteiger partial charge on any atom is 0.166 e. The molecule has 0 spiro atoms. The summed E-state index contributed by atoms with van der Waals surface area (Å²) < 4.78 is 0. The minimum absolute atomic E-state index is 0.0346. The van der Waals surface area contributed by atoms with Crippen LogP contribution in [0.15, 0.2) is 30.3 Å². The van der Waals surface area contributed by atoms with Gasteiger partial charge in [-0.3, -0.25) is 4.79 Å². The number of ketones is 1. The Bertz CT molecular complexity index is 383. The van der Waals surface area contributed by atoms with Crippen LogP contribution in [0.5, 0.6) is 0 Å². The monoisotopic (exact) mass is 216 g/mol. The minimum atomic E-state index is -0.0557. The average Bonchev–Trinajstić information content (AvgIpc) is 3.03. The van der Waals surface area contributed by atoms with Gasteiger partial charge in [0.2, 0.25) is 0 Å². The van der Waals surface area contributed by atoms with E-state index in [-0.39, 0.29) is 23.5 Å². The van der Waals surface area contributed by atoms with E-state index in [1.165, 1.54) is 0 Å². The van der Waals surface area contributed by atoms with Gasteiger partial charge in [-0.05, 0) is 12.3 Å². The first kappa shape index (κ1) is 11.1. The number of rotatable bonds is 5. The summed E-state index contributed by atoms with van der Waals surface area (Å²) in [6.45, 7) is 2.09. The van der Waals surface area contributed by atoms with E-state index in [1.54, 1.807) is 0 Å². The van der Waals surface area contributed by atoms with Crippen molar-refractivity contribution in [2.45, 2.75) is 19.8 Å². The molecule has 0 heterocycles. The molecule has 1 aromatic rings. The van der Waals surface area contributed by atoms with Gasteiger partial charge in [0.25, 0.3) is 0 Å². The van der Waals surface area contributed by atoms with Crippen molar-refractivity contribution in [1.82, 2.24) is 0 Å². The fraction of sp³-hybridized carbons (Fsp3) is 0.429. The molecule has 1 saturated carbocycles. The fourth-order valence-electron chi connectivity index (χ4n) is 2.46. The molecule has 1 fully saturated rings. The van der Waals surface area contributed by atoms with Crippen molar-refractivity contribution in [2.24, 2.45) is 17.8 Å². The Morgan fingerprint density at radius 2 is 2.00 bits per heavy atom. The summed E-state index contributed by atoms with van der Waals surface area (Å²) in [6, 6.07) is 9.27. The third-order valence-corrected chi connectivity index (χ3v) is 3.37. The Labute approximate surface area is 95.7 Å². The lowest BCUT2D eigenvalue weighted by Gasteiger charge is -1.98. The number of carbonyl (C=O) groups excluding carboxylic acids is 2. The van der Waals surface area contributed by atoms with Crippen LogP contribution in [0.25, 0.3) is 0 Å². The number of hydrogen-bond donors (Lipinski definition) is 0. The molecule has 0 radical (unpaired) electrons. The second kappa shape index (κ2) is 4.60. The highest BCUT2D eigenvalue weighted by atomic mass is 16.1. The Hall–Kier alpha value is -1.44. The van der Waals surface area contributed by atoms with E-state index in [0.717, 1.165) is 24.7 Å². The van der Waals surface area contributed by atoms with Crippen molar-refractivity contribution in [2.75, 3.05) is 0 Å². The first-order valence-corrected chi connectivity index (χ1v) is 5.84. The van der Waals surface area contributed by atoms with E-state index in [4.69, 9.17) is 0 Å². The first-order chi connectivity index (χ1) is 7.79. The van der Waals surface area contributed by atoms with Crippen molar-refractivity contribution < 1.29 is 9.59 Å². The predicted molar refractivity (Wildman–Crippen MR) is 62.2 cm³/mol. The third-order valence-electron chi connectivity index (χ3n) is 3.37. The molecule has 16 heavy (non-hydrogen) atoms. The van der Waals surface area contributed by atoms with E-state index in [1.807, 2.05) is 30.3 Å². The molecule has 0 aromatic heterocycles. The van der Waals surface area contributed by atoms with Crippen LogP contribution < -0.4 is 0 Å². The highest BCUT2D eigenvalue weighted by molar-refractivity contribution is 6.02. The van der Waals surface area contributed by atoms with Gasteiger partial charge >= 0.3 is 0 Å². The van der Waals surface area contributed by atoms with Gasteiger partial charge in [0.15, 0.2) is 5.78 Å². The molecule has 1 aliphatic carbocycles. The SMILES string of the molecule is CCC[C@@H]1[C@@H](C=O)[C@H]1C(=O)c1ccccc1. The van der Waals surface area contributed by atoms with Crippen molar-refractivity contribution in [3.63, 3.8) is 0 Å². The summed E-state index contributed by atoms with van der Waals surface area (Å²) in [5, 5.41) is 0. The molecular weight excluding hydrogens is 200 g/mol. The highest BCUT2D eigenvalue weighted by Crippen LogP contribution is 2.49. The summed E-state index contributed by atoms with van der Waals surface area (Å²) >= 11 is 0. The van der Waals surface area contributed by atoms with Crippen LogP contribution in [-0.4, -0.2) is 12.1 Å². The summed E-state index contributed by atoms with van der Waals surface area (Å²) in [4.78, 5) is 22.9. The standard InChI is InChI=1S/C14H16O2/c1-2-6-11-12(9-15)13(11)14(16)10-7-4-3-5-8-10/h3-5,7-9,11-13H,2,6H2,1H3/t11-,12-,13+/m1/s1. The van der Waals surface area contributed by atoms with Crippen LogP contribution in [0.4, 0.5) is 0 Å². The molecule has 0 amide bonds. The number of Topliss-reactive ketones (excluding diaryl/α,β-unsaturated/α-hetero) is 1. The normalized spacial score (nSPS) is 27.4. The van der Waals surface area contributed by atoms with Crippen LogP contribution in [0.1, 0.15) is 30.1 Å². The quantitative estimate of drug-likeness (QED) is 0.560. The molecule has 1 aliphatic rings. The molecule has 2 heteroatoms. The van der Waals surface area contributed by atoms with E-state index < -0.39 is 0 Å². The minimum Gasteiger partial charge on any atom is -0.303 e. The molecular formula is C14H16O2. The Balaban J connectivity index is 2.09. The van der Waals surface area contributed by atoms with Gasteiger partial charge in [0.05, 0.1) is 0 Å². The van der Waals surface area contributed by atoms with Gasteiger partial charge in [0.1, 0.15) is 6.29 Å². The molecule has 0 aliphatic heterocycles. The smallest absolute Gasteiger partial charge is 0.166 e. The second-order valence-corrected chi connectivity index (χ2v) is 4.42. The summed E-state index contributed by atoms with van der Waals surface area (Å²) in [5.74, 6) is 0.332. The van der Waals surface area contributed by atoms with Crippen LogP contribution in [0, 0.1) is 17.8 Å². The van der Waals surface area contributed by atoms with E-state index in [0.29, 0.717) is 0 Å². The molecule has 3 atom stereocenters. The maximum atomic E-state index is 12.1. The zero-order valence-corrected chi connectivity index (χ0v) is 9.43. The Morgan fingerprint density at radius 3 is 2.56 bits per heavy atom. The molecule has 2 rings (SSSR count). The maximum absolute atomic E-state index is 12.1. The van der Waals surface area contributed by atoms with Crippen molar-refractivity contribution in [3.05, 3.63) is 35.9 Å². The largest absolute Gasteiger partial charge is 0.303 e. The summed E-state index contributed by atoms with van der Waals surface area (Å²) in [5.41, 5.74) is 0.734. The van der Waals surface area contributed by atoms with Gasteiger partial charge in [-0.2, -0.15) is 0 Å². The first-order valence-electron chi connectivity index (χ1n) is 5.84. The summed E-state index contributed by atoms with van der Waals surface area (Å²) in [6.07, 6.45) is 2.96. The summed E-state index contributed by atoms with van der Waals surface area (Å²) in [7, 11) is 0. The van der Waals surface area contributed by atoms with Crippen molar-refractivity contribution >= 4 is 12.1 Å². The van der Waals surface area contributed by atoms with Crippen LogP contribution in [-0.2, 0) is 4.79 Å². The van der Waals surface area contributed by atoms with Crippen molar-refractivity contribution in [3.8, 4) is 0 Å². The fourth-order valence-corrected chi connectivity index (χ4v) is 2.46. The Morgan fingerprint density at radius 1 is 1.31 bits per heavy atom. The molecule has 2 nitrogen and oxygen atoms in total. The molecule has 0 unspecified atom stereocenters. The lowest BCUT2D eigenvalue weighted by Crippen LogP contribution is -2.04. The van der Waals surface area contributed by atoms with E-state index in [9.17, 15) is 9.59 Å². The lowest BCUT2D eigenvalue weighted by atomic mass is 10.0. The van der Waals surface area contributed by atoms with Gasteiger partial charge in [-0.15, -0.1) is 0 Å². The lowest BCUT2D eigenvalue weighted by molar-refractivity contribution is -0.109. The van der Waals surface area contributed by atoms with Gasteiger partial charge in [-0.1, -0.05) is 43.7 Å². The van der Waals surface area contributed by atoms with E-state index >= 15 is 0 Å². The van der Waals surface area contributed by atoms with Gasteiger partial charge in [0, 0.05) is 17.4 Å². The van der Waals surface area contributed by atoms with Crippen LogP contribution >= 0.6 is 0 Å². The highest BCUT2D eigenvalue weighted by Gasteiger charge is 2.53. The second-order valence-electron chi connectivity index (χ2n) is 4.42. The molecule has 0 N–H and O–H groups in total. The van der Waals surface area contributed by atoms with Gasteiger partial charge in [-0.25, -0.2) is 0 Å². The number of carbonyl (C=O) groups is 2. The van der Waals surface area contributed by atoms with E-state index in [2.05, 4.69) is 6.92 Å². The molecule has 1 aromatic carbocycles. The number of benzene rings is 1. The zero-order valence-electron chi connectivity index (χ0n) is 9.43. The Kier molecular flexibility index (Phi) is 3.18. The number of aldehydes is 1. The average molecular weight is 216 g/mol. The predicted octanol–water partition coefficient (Wildman–Crippen LogP) is 2.73. The molecule has 0 bridgehead atoms. The topological polar surface area (TPSA) is 34.1 Å². The van der Waals surface area contributed by atoms with Crippen LogP contribution in [0.3, 0.4) is 0 Å². The van der Waals surface area contributed by atoms with Crippen molar-refractivity contribution in [1.29, 1.82) is 0 Å². The van der Waals surface area contributed by atoms with Crippen LogP contribution in [0.2, 0.25) is 0 Å².